The fraction of sp³-hybridized carbons (Fsp3) is 0. The average Bonchev–Trinajstić information content (AvgIpc) is 1.41. The monoisotopic (exact) mass is 672 g/mol. The first-order valence-corrected chi connectivity index (χ1v) is 6.00. The van der Waals surface area contributed by atoms with Gasteiger partial charge in [-0.25, -0.2) is 0 Å². The summed E-state index contributed by atoms with van der Waals surface area (Å²) in [5, 5.41) is 0. The number of hydrogen-bond acceptors (Lipinski definition) is 12. The zero-order valence-electron chi connectivity index (χ0n) is 6.83. The van der Waals surface area contributed by atoms with E-state index in [1.807, 2.05) is 0 Å². The molecule has 106 valence electrons. The van der Waals surface area contributed by atoms with Crippen molar-refractivity contribution in [1.82, 2.24) is 0 Å². The van der Waals surface area contributed by atoms with E-state index in [0.29, 0.717) is 0 Å². The Morgan fingerprint density at radius 1 is 0.412 bits per heavy atom. The van der Waals surface area contributed by atoms with Crippen LogP contribution in [-0.4, -0.2) is 52.6 Å². The third-order valence-electron chi connectivity index (χ3n) is 0. The molecule has 0 aliphatic rings. The van der Waals surface area contributed by atoms with Crippen LogP contribution in [0.2, 0.25) is 0 Å². The summed E-state index contributed by atoms with van der Waals surface area (Å²) in [6.45, 7) is 0. The third kappa shape index (κ3) is 4800. The molecule has 0 aromatic carbocycles. The molecule has 0 spiro atoms. The van der Waals surface area contributed by atoms with Crippen molar-refractivity contribution >= 4 is 31.2 Å². The Morgan fingerprint density at radius 3 is 0.412 bits per heavy atom. The molecule has 0 aliphatic carbocycles. The van der Waals surface area contributed by atoms with E-state index in [4.69, 9.17) is 52.6 Å². The Kier molecular flexibility index (Phi) is 21.6. The van der Waals surface area contributed by atoms with E-state index in [1.165, 1.54) is 0 Å². The molecule has 0 amide bonds. The standard InChI is InChI=1S/3H2O4S.2Os/c3*1-5(2,3)4;;/h3*(H2,1,2,3,4);;/q;;;2*+3/p-6. The van der Waals surface area contributed by atoms with Crippen molar-refractivity contribution in [3.63, 3.8) is 0 Å². The van der Waals surface area contributed by atoms with Gasteiger partial charge in [-0.15, -0.1) is 0 Å². The number of rotatable bonds is 0. The van der Waals surface area contributed by atoms with Crippen molar-refractivity contribution in [1.29, 1.82) is 0 Å². The smallest absolute Gasteiger partial charge is 0.759 e. The van der Waals surface area contributed by atoms with E-state index < -0.39 is 31.2 Å². The zero-order chi connectivity index (χ0) is 13.5. The Hall–Kier alpha value is 0.883. The fourth-order valence-corrected chi connectivity index (χ4v) is 0. The van der Waals surface area contributed by atoms with Gasteiger partial charge < -0.3 is 27.3 Å². The Morgan fingerprint density at radius 2 is 0.412 bits per heavy atom. The molecule has 0 aromatic heterocycles. The van der Waals surface area contributed by atoms with Gasteiger partial charge in [-0.05, 0) is 0 Å². The van der Waals surface area contributed by atoms with Crippen LogP contribution >= 0.6 is 0 Å². The van der Waals surface area contributed by atoms with E-state index in [0.717, 1.165) is 0 Å². The molecule has 0 fully saturated rings. The van der Waals surface area contributed by atoms with Crippen molar-refractivity contribution in [2.75, 3.05) is 0 Å². The summed E-state index contributed by atoms with van der Waals surface area (Å²) in [6.07, 6.45) is 0. The molecule has 0 rings (SSSR count). The van der Waals surface area contributed by atoms with E-state index in [1.54, 1.807) is 0 Å². The minimum atomic E-state index is -5.17. The van der Waals surface area contributed by atoms with Gasteiger partial charge in [0, 0.05) is 31.2 Å². The van der Waals surface area contributed by atoms with Crippen LogP contribution in [0.5, 0.6) is 0 Å². The molecule has 0 saturated heterocycles. The van der Waals surface area contributed by atoms with Gasteiger partial charge in [-0.2, -0.15) is 0 Å². The fourth-order valence-electron chi connectivity index (χ4n) is 0. The van der Waals surface area contributed by atoms with E-state index in [9.17, 15) is 0 Å². The second-order valence-corrected chi connectivity index (χ2v) is 3.67. The quantitative estimate of drug-likeness (QED) is 0.177. The Labute approximate surface area is 123 Å². The van der Waals surface area contributed by atoms with Gasteiger partial charge in [0.05, 0.1) is 0 Å². The molecule has 2 radical (unpaired) electrons. The molecule has 0 atom stereocenters. The van der Waals surface area contributed by atoms with Crippen LogP contribution in [0.4, 0.5) is 0 Å². The summed E-state index contributed by atoms with van der Waals surface area (Å²) < 4.78 is 102. The van der Waals surface area contributed by atoms with Crippen molar-refractivity contribution in [3.8, 4) is 0 Å². The molecule has 0 heterocycles. The van der Waals surface area contributed by atoms with Crippen LogP contribution in [-0.2, 0) is 70.8 Å². The van der Waals surface area contributed by atoms with E-state index >= 15 is 0 Å². The van der Waals surface area contributed by atoms with Crippen molar-refractivity contribution < 1.29 is 92.2 Å². The molecule has 17 heteroatoms. The van der Waals surface area contributed by atoms with Gasteiger partial charge >= 0.3 is 39.6 Å². The van der Waals surface area contributed by atoms with Crippen LogP contribution in [0, 0.1) is 0 Å². The maximum absolute atomic E-state index is 8.52. The second-order valence-electron chi connectivity index (χ2n) is 1.22. The van der Waals surface area contributed by atoms with Gasteiger partial charge in [0.2, 0.25) is 0 Å². The largest absolute Gasteiger partial charge is 3.00 e. The second kappa shape index (κ2) is 11.9. The maximum Gasteiger partial charge on any atom is 3.00 e. The normalized spacial score (nSPS) is 10.2. The first-order valence-electron chi connectivity index (χ1n) is 2.00. The minimum absolute atomic E-state index is 0. The summed E-state index contributed by atoms with van der Waals surface area (Å²) >= 11 is 0. The Bertz CT molecular complexity index is 341. The first kappa shape index (κ1) is 30.7. The number of hydrogen-bond donors (Lipinski definition) is 0. The van der Waals surface area contributed by atoms with E-state index in [2.05, 4.69) is 0 Å². The van der Waals surface area contributed by atoms with Crippen molar-refractivity contribution in [3.05, 3.63) is 0 Å². The predicted molar refractivity (Wildman–Crippen MR) is 31.4 cm³/mol. The summed E-state index contributed by atoms with van der Waals surface area (Å²) in [5.41, 5.74) is 0. The van der Waals surface area contributed by atoms with Gasteiger partial charge in [-0.3, -0.25) is 25.3 Å². The Balaban J connectivity index is -0.0000000400. The molecule has 0 N–H and O–H groups in total. The van der Waals surface area contributed by atoms with Gasteiger partial charge in [0.1, 0.15) is 0 Å². The molecule has 0 aliphatic heterocycles. The third-order valence-corrected chi connectivity index (χ3v) is 0. The van der Waals surface area contributed by atoms with Crippen LogP contribution in [0.3, 0.4) is 0 Å². The van der Waals surface area contributed by atoms with Crippen molar-refractivity contribution in [2.45, 2.75) is 0 Å². The SMILES string of the molecule is O=S(=O)([O-])[O-].O=S(=O)([O-])[O-].O=S(=O)([O-])[O-].[Os+3].[Os+3]. The molecule has 17 heavy (non-hydrogen) atoms. The van der Waals surface area contributed by atoms with Crippen molar-refractivity contribution in [2.24, 2.45) is 0 Å². The van der Waals surface area contributed by atoms with Gasteiger partial charge in [0.25, 0.3) is 0 Å². The summed E-state index contributed by atoms with van der Waals surface area (Å²) in [7, 11) is -15.5. The molecule has 12 nitrogen and oxygen atoms in total. The van der Waals surface area contributed by atoms with Crippen LogP contribution < -0.4 is 0 Å². The molecule has 0 bridgehead atoms. The van der Waals surface area contributed by atoms with Crippen LogP contribution in [0.25, 0.3) is 0 Å². The molecular weight excluding hydrogens is 669 g/mol. The van der Waals surface area contributed by atoms with E-state index in [-0.39, 0.29) is 39.6 Å². The molecule has 0 unspecified atom stereocenters. The molecule has 0 aromatic rings. The first-order chi connectivity index (χ1) is 6.00. The van der Waals surface area contributed by atoms with Crippen LogP contribution in [0.1, 0.15) is 0 Å². The van der Waals surface area contributed by atoms with Gasteiger partial charge in [-0.1, -0.05) is 0 Å². The summed E-state index contributed by atoms with van der Waals surface area (Å²) in [4.78, 5) is 0. The predicted octanol–water partition coefficient (Wildman–Crippen LogP) is -4.02. The molecular formula is O12Os2S3. The van der Waals surface area contributed by atoms with Crippen LogP contribution in [0.15, 0.2) is 0 Å². The molecule has 0 saturated carbocycles. The minimum Gasteiger partial charge on any atom is -0.759 e. The summed E-state index contributed by atoms with van der Waals surface area (Å²) in [6, 6.07) is 0. The topological polar surface area (TPSA) is 241 Å². The van der Waals surface area contributed by atoms with Gasteiger partial charge in [0.15, 0.2) is 0 Å². The zero-order valence-corrected chi connectivity index (χ0v) is 14.4. The summed E-state index contributed by atoms with van der Waals surface area (Å²) in [5.74, 6) is 0. The maximum atomic E-state index is 8.52. The average molecular weight is 669 g/mol.